The highest BCUT2D eigenvalue weighted by atomic mass is 16.5. The zero-order valence-electron chi connectivity index (χ0n) is 11.9. The first-order valence-electron chi connectivity index (χ1n) is 7.23. The van der Waals surface area contributed by atoms with Crippen LogP contribution in [0, 0.1) is 6.92 Å². The summed E-state index contributed by atoms with van der Waals surface area (Å²) >= 11 is 0. The van der Waals surface area contributed by atoms with E-state index < -0.39 is 0 Å². The summed E-state index contributed by atoms with van der Waals surface area (Å²) < 4.78 is 5.71. The lowest BCUT2D eigenvalue weighted by Crippen LogP contribution is -2.12. The van der Waals surface area contributed by atoms with Crippen molar-refractivity contribution in [2.45, 2.75) is 26.2 Å². The zero-order chi connectivity index (χ0) is 13.8. The molecule has 104 valence electrons. The van der Waals surface area contributed by atoms with Crippen LogP contribution in [0.5, 0.6) is 5.75 Å². The van der Waals surface area contributed by atoms with Gasteiger partial charge in [0, 0.05) is 5.69 Å². The van der Waals surface area contributed by atoms with Crippen molar-refractivity contribution >= 4 is 5.82 Å². The van der Waals surface area contributed by atoms with Crippen molar-refractivity contribution in [2.75, 3.05) is 18.5 Å². The molecule has 1 aliphatic rings. The minimum Gasteiger partial charge on any atom is -0.492 e. The van der Waals surface area contributed by atoms with Crippen LogP contribution < -0.4 is 10.1 Å². The van der Waals surface area contributed by atoms with E-state index in [1.54, 1.807) is 0 Å². The second kappa shape index (κ2) is 5.95. The molecule has 1 N–H and O–H groups in total. The summed E-state index contributed by atoms with van der Waals surface area (Å²) in [7, 11) is 0. The van der Waals surface area contributed by atoms with Crippen LogP contribution >= 0.6 is 0 Å². The largest absolute Gasteiger partial charge is 0.492 e. The molecule has 20 heavy (non-hydrogen) atoms. The maximum atomic E-state index is 5.71. The fourth-order valence-electron chi connectivity index (χ4n) is 2.57. The molecule has 0 amide bonds. The van der Waals surface area contributed by atoms with Crippen molar-refractivity contribution in [1.82, 2.24) is 4.98 Å². The third-order valence-corrected chi connectivity index (χ3v) is 3.59. The Morgan fingerprint density at radius 2 is 2.15 bits per heavy atom. The molecule has 2 aromatic rings. The van der Waals surface area contributed by atoms with Crippen molar-refractivity contribution in [3.8, 4) is 5.75 Å². The molecule has 0 atom stereocenters. The average Bonchev–Trinajstić information content (AvgIpc) is 2.91. The van der Waals surface area contributed by atoms with Crippen LogP contribution in [0.3, 0.4) is 0 Å². The summed E-state index contributed by atoms with van der Waals surface area (Å²) in [5.74, 6) is 1.88. The molecule has 1 heterocycles. The second-order valence-corrected chi connectivity index (χ2v) is 5.25. The number of aryl methyl sites for hydroxylation is 3. The molecule has 0 fully saturated rings. The van der Waals surface area contributed by atoms with Gasteiger partial charge in [0.2, 0.25) is 0 Å². The molecule has 3 nitrogen and oxygen atoms in total. The Balaban J connectivity index is 1.48. The van der Waals surface area contributed by atoms with Gasteiger partial charge in [-0.2, -0.15) is 0 Å². The molecule has 3 rings (SSSR count). The van der Waals surface area contributed by atoms with Gasteiger partial charge >= 0.3 is 0 Å². The minimum atomic E-state index is 0.641. The number of fused-ring (bicyclic) bond motifs is 1. The van der Waals surface area contributed by atoms with Gasteiger partial charge in [-0.05, 0) is 55.5 Å². The zero-order valence-corrected chi connectivity index (χ0v) is 11.9. The summed E-state index contributed by atoms with van der Waals surface area (Å²) in [5.41, 5.74) is 3.89. The molecule has 0 saturated carbocycles. The van der Waals surface area contributed by atoms with Gasteiger partial charge in [0.05, 0.1) is 6.54 Å². The molecule has 1 aromatic carbocycles. The van der Waals surface area contributed by atoms with Crippen LogP contribution in [-0.4, -0.2) is 18.1 Å². The van der Waals surface area contributed by atoms with Gasteiger partial charge in [-0.15, -0.1) is 0 Å². The van der Waals surface area contributed by atoms with E-state index in [1.807, 2.05) is 18.2 Å². The van der Waals surface area contributed by atoms with Crippen molar-refractivity contribution < 1.29 is 4.74 Å². The Hall–Kier alpha value is -2.03. The third-order valence-electron chi connectivity index (χ3n) is 3.59. The molecule has 1 aromatic heterocycles. The number of benzene rings is 1. The van der Waals surface area contributed by atoms with Crippen molar-refractivity contribution in [3.63, 3.8) is 0 Å². The first kappa shape index (κ1) is 13.0. The molecular weight excluding hydrogens is 248 g/mol. The number of nitrogens with zero attached hydrogens (tertiary/aromatic N) is 1. The quantitative estimate of drug-likeness (QED) is 0.844. The molecule has 3 heteroatoms. The third kappa shape index (κ3) is 3.10. The van der Waals surface area contributed by atoms with E-state index in [9.17, 15) is 0 Å². The predicted octanol–water partition coefficient (Wildman–Crippen LogP) is 3.37. The van der Waals surface area contributed by atoms with Crippen LogP contribution in [0.4, 0.5) is 5.82 Å². The van der Waals surface area contributed by atoms with Gasteiger partial charge in [0.15, 0.2) is 0 Å². The van der Waals surface area contributed by atoms with Crippen LogP contribution in [0.2, 0.25) is 0 Å². The van der Waals surface area contributed by atoms with E-state index in [1.165, 1.54) is 29.7 Å². The van der Waals surface area contributed by atoms with E-state index in [0.29, 0.717) is 6.61 Å². The highest BCUT2D eigenvalue weighted by molar-refractivity contribution is 5.40. The predicted molar refractivity (Wildman–Crippen MR) is 81.4 cm³/mol. The fourth-order valence-corrected chi connectivity index (χ4v) is 2.57. The van der Waals surface area contributed by atoms with Crippen molar-refractivity contribution in [2.24, 2.45) is 0 Å². The summed E-state index contributed by atoms with van der Waals surface area (Å²) in [6, 6.07) is 12.4. The number of hydrogen-bond donors (Lipinski definition) is 1. The standard InChI is InChI=1S/C17H20N2O/c1-13-4-2-6-15(12-13)20-11-10-18-17-9-8-14-5-3-7-16(14)19-17/h2,4,6,8-9,12H,3,5,7,10-11H2,1H3,(H,18,19). The first-order valence-corrected chi connectivity index (χ1v) is 7.23. The van der Waals surface area contributed by atoms with E-state index in [0.717, 1.165) is 24.5 Å². The lowest BCUT2D eigenvalue weighted by Gasteiger charge is -2.09. The minimum absolute atomic E-state index is 0.641. The Morgan fingerprint density at radius 3 is 3.05 bits per heavy atom. The lowest BCUT2D eigenvalue weighted by molar-refractivity contribution is 0.332. The van der Waals surface area contributed by atoms with Gasteiger partial charge in [0.25, 0.3) is 0 Å². The summed E-state index contributed by atoms with van der Waals surface area (Å²) in [6.45, 7) is 3.47. The monoisotopic (exact) mass is 268 g/mol. The molecule has 1 aliphatic carbocycles. The van der Waals surface area contributed by atoms with Gasteiger partial charge in [-0.1, -0.05) is 18.2 Å². The first-order chi connectivity index (χ1) is 9.81. The van der Waals surface area contributed by atoms with E-state index >= 15 is 0 Å². The highest BCUT2D eigenvalue weighted by Crippen LogP contribution is 2.21. The number of anilines is 1. The molecular formula is C17H20N2O. The normalized spacial score (nSPS) is 13.1. The number of pyridine rings is 1. The molecule has 0 bridgehead atoms. The summed E-state index contributed by atoms with van der Waals surface area (Å²) in [6.07, 6.45) is 3.53. The Bertz CT molecular complexity index is 595. The van der Waals surface area contributed by atoms with E-state index in [2.05, 4.69) is 35.4 Å². The molecule has 0 saturated heterocycles. The Kier molecular flexibility index (Phi) is 3.86. The van der Waals surface area contributed by atoms with E-state index in [4.69, 9.17) is 4.74 Å². The Morgan fingerprint density at radius 1 is 1.20 bits per heavy atom. The number of aromatic nitrogens is 1. The molecule has 0 unspecified atom stereocenters. The smallest absolute Gasteiger partial charge is 0.126 e. The number of rotatable bonds is 5. The van der Waals surface area contributed by atoms with Crippen LogP contribution in [-0.2, 0) is 12.8 Å². The van der Waals surface area contributed by atoms with Crippen LogP contribution in [0.15, 0.2) is 36.4 Å². The van der Waals surface area contributed by atoms with Gasteiger partial charge < -0.3 is 10.1 Å². The van der Waals surface area contributed by atoms with Crippen molar-refractivity contribution in [1.29, 1.82) is 0 Å². The molecule has 0 spiro atoms. The number of hydrogen-bond acceptors (Lipinski definition) is 3. The molecule has 0 radical (unpaired) electrons. The highest BCUT2D eigenvalue weighted by Gasteiger charge is 2.11. The summed E-state index contributed by atoms with van der Waals surface area (Å²) in [5, 5.41) is 3.32. The maximum absolute atomic E-state index is 5.71. The Labute approximate surface area is 120 Å². The lowest BCUT2D eigenvalue weighted by atomic mass is 10.2. The topological polar surface area (TPSA) is 34.1 Å². The van der Waals surface area contributed by atoms with Gasteiger partial charge in [0.1, 0.15) is 18.2 Å². The van der Waals surface area contributed by atoms with Crippen LogP contribution in [0.25, 0.3) is 0 Å². The van der Waals surface area contributed by atoms with E-state index in [-0.39, 0.29) is 0 Å². The second-order valence-electron chi connectivity index (χ2n) is 5.25. The van der Waals surface area contributed by atoms with Gasteiger partial charge in [-0.25, -0.2) is 4.98 Å². The maximum Gasteiger partial charge on any atom is 0.126 e. The van der Waals surface area contributed by atoms with Crippen molar-refractivity contribution in [3.05, 3.63) is 53.2 Å². The fraction of sp³-hybridized carbons (Fsp3) is 0.353. The number of nitrogens with one attached hydrogen (secondary N) is 1. The number of ether oxygens (including phenoxy) is 1. The SMILES string of the molecule is Cc1cccc(OCCNc2ccc3c(n2)CCC3)c1. The van der Waals surface area contributed by atoms with Gasteiger partial charge in [-0.3, -0.25) is 0 Å². The average molecular weight is 268 g/mol. The van der Waals surface area contributed by atoms with Crippen LogP contribution in [0.1, 0.15) is 23.2 Å². The summed E-state index contributed by atoms with van der Waals surface area (Å²) in [4.78, 5) is 4.65. The molecule has 0 aliphatic heterocycles.